The minimum absolute atomic E-state index is 0.817. The number of ether oxygens (including phenoxy) is 2. The third-order valence-corrected chi connectivity index (χ3v) is 3.62. The van der Waals surface area contributed by atoms with Gasteiger partial charge in [0.1, 0.15) is 24.6 Å². The number of methoxy groups -OCH3 is 2. The standard InChI is InChI=1S/C16H18BrNO2/c1-19-15-7-6-13(16(9-15)20-2)11-18-10-12-4-3-5-14(17)8-12/h3-9,18H,10-11H2,1-2H3/p+1. The molecule has 2 aromatic carbocycles. The Bertz CT molecular complexity index is 572. The van der Waals surface area contributed by atoms with Gasteiger partial charge in [-0.1, -0.05) is 28.1 Å². The fraction of sp³-hybridized carbons (Fsp3) is 0.250. The van der Waals surface area contributed by atoms with Gasteiger partial charge in [0.2, 0.25) is 0 Å². The van der Waals surface area contributed by atoms with E-state index in [1.807, 2.05) is 18.2 Å². The van der Waals surface area contributed by atoms with Gasteiger partial charge in [-0.05, 0) is 24.3 Å². The first kappa shape index (κ1) is 14.9. The maximum atomic E-state index is 5.40. The predicted octanol–water partition coefficient (Wildman–Crippen LogP) is 2.73. The summed E-state index contributed by atoms with van der Waals surface area (Å²) >= 11 is 3.49. The van der Waals surface area contributed by atoms with Crippen LogP contribution in [0.4, 0.5) is 0 Å². The van der Waals surface area contributed by atoms with Crippen molar-refractivity contribution in [3.8, 4) is 11.5 Å². The second-order valence-corrected chi connectivity index (χ2v) is 5.42. The molecular weight excluding hydrogens is 318 g/mol. The van der Waals surface area contributed by atoms with Gasteiger partial charge in [-0.25, -0.2) is 0 Å². The van der Waals surface area contributed by atoms with E-state index in [0.717, 1.165) is 29.1 Å². The zero-order valence-corrected chi connectivity index (χ0v) is 13.3. The summed E-state index contributed by atoms with van der Waals surface area (Å²) in [6, 6.07) is 14.3. The monoisotopic (exact) mass is 336 g/mol. The van der Waals surface area contributed by atoms with Crippen molar-refractivity contribution in [1.82, 2.24) is 0 Å². The van der Waals surface area contributed by atoms with Crippen molar-refractivity contribution >= 4 is 15.9 Å². The highest BCUT2D eigenvalue weighted by Gasteiger charge is 2.06. The van der Waals surface area contributed by atoms with Gasteiger partial charge < -0.3 is 14.8 Å². The Kier molecular flexibility index (Phi) is 5.44. The Morgan fingerprint density at radius 2 is 1.85 bits per heavy atom. The molecule has 0 unspecified atom stereocenters. The van der Waals surface area contributed by atoms with Crippen LogP contribution in [0.1, 0.15) is 11.1 Å². The first-order valence-corrected chi connectivity index (χ1v) is 7.29. The molecule has 0 heterocycles. The lowest BCUT2D eigenvalue weighted by Gasteiger charge is -2.09. The average Bonchev–Trinajstić information content (AvgIpc) is 2.47. The zero-order valence-electron chi connectivity index (χ0n) is 11.7. The largest absolute Gasteiger partial charge is 0.497 e. The predicted molar refractivity (Wildman–Crippen MR) is 83.0 cm³/mol. The van der Waals surface area contributed by atoms with Crippen LogP contribution in [0.25, 0.3) is 0 Å². The second-order valence-electron chi connectivity index (χ2n) is 4.50. The average molecular weight is 337 g/mol. The molecule has 20 heavy (non-hydrogen) atoms. The molecule has 106 valence electrons. The van der Waals surface area contributed by atoms with Gasteiger partial charge in [-0.3, -0.25) is 0 Å². The normalized spacial score (nSPS) is 10.3. The minimum atomic E-state index is 0.817. The quantitative estimate of drug-likeness (QED) is 0.880. The molecule has 0 aliphatic rings. The highest BCUT2D eigenvalue weighted by molar-refractivity contribution is 9.10. The first-order valence-electron chi connectivity index (χ1n) is 6.50. The highest BCUT2D eigenvalue weighted by Crippen LogP contribution is 2.23. The molecule has 2 aromatic rings. The molecule has 0 atom stereocenters. The van der Waals surface area contributed by atoms with Gasteiger partial charge in [-0.15, -0.1) is 0 Å². The zero-order chi connectivity index (χ0) is 14.4. The van der Waals surface area contributed by atoms with Crippen molar-refractivity contribution in [1.29, 1.82) is 0 Å². The Labute approximate surface area is 128 Å². The van der Waals surface area contributed by atoms with Crippen LogP contribution in [-0.4, -0.2) is 14.2 Å². The van der Waals surface area contributed by atoms with Crippen LogP contribution in [0, 0.1) is 0 Å². The van der Waals surface area contributed by atoms with Gasteiger partial charge in [0.25, 0.3) is 0 Å². The second kappa shape index (κ2) is 7.31. The van der Waals surface area contributed by atoms with Crippen LogP contribution in [-0.2, 0) is 13.1 Å². The molecule has 0 aromatic heterocycles. The third kappa shape index (κ3) is 3.99. The molecule has 3 nitrogen and oxygen atoms in total. The van der Waals surface area contributed by atoms with E-state index in [0.29, 0.717) is 0 Å². The smallest absolute Gasteiger partial charge is 0.131 e. The molecule has 2 N–H and O–H groups in total. The SMILES string of the molecule is COc1ccc(C[NH2+]Cc2cccc(Br)c2)c(OC)c1. The lowest BCUT2D eigenvalue weighted by molar-refractivity contribution is -0.686. The Hall–Kier alpha value is -1.52. The van der Waals surface area contributed by atoms with E-state index in [1.165, 1.54) is 11.1 Å². The molecule has 0 fully saturated rings. The number of benzene rings is 2. The summed E-state index contributed by atoms with van der Waals surface area (Å²) < 4.78 is 11.7. The van der Waals surface area contributed by atoms with E-state index in [-0.39, 0.29) is 0 Å². The van der Waals surface area contributed by atoms with Gasteiger partial charge >= 0.3 is 0 Å². The molecule has 0 bridgehead atoms. The molecule has 0 saturated carbocycles. The van der Waals surface area contributed by atoms with Gasteiger partial charge in [-0.2, -0.15) is 0 Å². The fourth-order valence-corrected chi connectivity index (χ4v) is 2.53. The molecule has 0 radical (unpaired) electrons. The summed E-state index contributed by atoms with van der Waals surface area (Å²) in [4.78, 5) is 0. The number of hydrogen-bond acceptors (Lipinski definition) is 2. The van der Waals surface area contributed by atoms with Crippen LogP contribution < -0.4 is 14.8 Å². The van der Waals surface area contributed by atoms with Crippen molar-refractivity contribution in [2.45, 2.75) is 13.1 Å². The van der Waals surface area contributed by atoms with E-state index in [2.05, 4.69) is 45.5 Å². The van der Waals surface area contributed by atoms with Crippen molar-refractivity contribution < 1.29 is 14.8 Å². The summed E-state index contributed by atoms with van der Waals surface area (Å²) in [7, 11) is 3.35. The molecule has 0 saturated heterocycles. The molecule has 0 amide bonds. The number of quaternary nitrogens is 1. The topological polar surface area (TPSA) is 35.1 Å². The van der Waals surface area contributed by atoms with E-state index in [4.69, 9.17) is 9.47 Å². The van der Waals surface area contributed by atoms with Crippen LogP contribution in [0.15, 0.2) is 46.9 Å². The maximum absolute atomic E-state index is 5.40. The van der Waals surface area contributed by atoms with E-state index in [1.54, 1.807) is 14.2 Å². The summed E-state index contributed by atoms with van der Waals surface area (Å²) in [6.07, 6.45) is 0. The minimum Gasteiger partial charge on any atom is -0.497 e. The van der Waals surface area contributed by atoms with E-state index < -0.39 is 0 Å². The third-order valence-electron chi connectivity index (χ3n) is 3.13. The molecular formula is C16H19BrNO2+. The van der Waals surface area contributed by atoms with Gasteiger partial charge in [0.05, 0.1) is 14.2 Å². The van der Waals surface area contributed by atoms with Crippen molar-refractivity contribution in [3.05, 3.63) is 58.1 Å². The summed E-state index contributed by atoms with van der Waals surface area (Å²) in [5.74, 6) is 1.69. The summed E-state index contributed by atoms with van der Waals surface area (Å²) in [5, 5.41) is 2.26. The van der Waals surface area contributed by atoms with E-state index >= 15 is 0 Å². The van der Waals surface area contributed by atoms with Crippen molar-refractivity contribution in [2.24, 2.45) is 0 Å². The number of rotatable bonds is 6. The number of hydrogen-bond donors (Lipinski definition) is 1. The van der Waals surface area contributed by atoms with Crippen LogP contribution >= 0.6 is 15.9 Å². The molecule has 0 aliphatic heterocycles. The summed E-state index contributed by atoms with van der Waals surface area (Å²) in [5.41, 5.74) is 2.47. The van der Waals surface area contributed by atoms with Crippen LogP contribution in [0.3, 0.4) is 0 Å². The fourth-order valence-electron chi connectivity index (χ4n) is 2.08. The number of nitrogens with two attached hydrogens (primary N) is 1. The lowest BCUT2D eigenvalue weighted by Crippen LogP contribution is -2.80. The molecule has 2 rings (SSSR count). The van der Waals surface area contributed by atoms with Gasteiger partial charge in [0.15, 0.2) is 0 Å². The highest BCUT2D eigenvalue weighted by atomic mass is 79.9. The Morgan fingerprint density at radius 1 is 1.00 bits per heavy atom. The Morgan fingerprint density at radius 3 is 2.55 bits per heavy atom. The molecule has 0 spiro atoms. The Balaban J connectivity index is 1.97. The van der Waals surface area contributed by atoms with Crippen molar-refractivity contribution in [3.63, 3.8) is 0 Å². The first-order chi connectivity index (χ1) is 9.72. The number of halogens is 1. The molecule has 4 heteroatoms. The molecule has 0 aliphatic carbocycles. The van der Waals surface area contributed by atoms with Gasteiger partial charge in [0, 0.05) is 21.7 Å². The van der Waals surface area contributed by atoms with E-state index in [9.17, 15) is 0 Å². The van der Waals surface area contributed by atoms with Crippen molar-refractivity contribution in [2.75, 3.05) is 14.2 Å². The van der Waals surface area contributed by atoms with Crippen LogP contribution in [0.2, 0.25) is 0 Å². The lowest BCUT2D eigenvalue weighted by atomic mass is 10.1. The van der Waals surface area contributed by atoms with Crippen LogP contribution in [0.5, 0.6) is 11.5 Å². The maximum Gasteiger partial charge on any atom is 0.131 e. The summed E-state index contributed by atoms with van der Waals surface area (Å²) in [6.45, 7) is 1.81.